The van der Waals surface area contributed by atoms with Crippen molar-refractivity contribution in [1.29, 1.82) is 0 Å². The fourth-order valence-electron chi connectivity index (χ4n) is 3.52. The number of hydrogen-bond acceptors (Lipinski definition) is 6. The Balaban J connectivity index is 1.58. The van der Waals surface area contributed by atoms with Crippen molar-refractivity contribution in [2.45, 2.75) is 27.6 Å². The van der Waals surface area contributed by atoms with E-state index in [1.165, 1.54) is 33.3 Å². The highest BCUT2D eigenvalue weighted by atomic mass is 35.5. The summed E-state index contributed by atoms with van der Waals surface area (Å²) in [4.78, 5) is 13.7. The van der Waals surface area contributed by atoms with Crippen molar-refractivity contribution in [2.75, 3.05) is 17.8 Å². The van der Waals surface area contributed by atoms with Crippen molar-refractivity contribution in [3.05, 3.63) is 50.9 Å². The number of thioether (sulfide) groups is 3. The van der Waals surface area contributed by atoms with Gasteiger partial charge in [0.2, 0.25) is 0 Å². The van der Waals surface area contributed by atoms with Gasteiger partial charge >= 0.3 is 0 Å². The van der Waals surface area contributed by atoms with E-state index in [0.29, 0.717) is 5.02 Å². The van der Waals surface area contributed by atoms with Crippen LogP contribution in [0.1, 0.15) is 39.2 Å². The largest absolute Gasteiger partial charge is 0.281 e. The molecule has 2 aliphatic rings. The topological polar surface area (TPSA) is 41.5 Å². The third-order valence-corrected chi connectivity index (χ3v) is 10.8. The third kappa shape index (κ3) is 3.94. The molecule has 2 heterocycles. The van der Waals surface area contributed by atoms with Crippen LogP contribution < -0.4 is 5.43 Å². The van der Waals surface area contributed by atoms with E-state index in [0.717, 1.165) is 23.3 Å². The maximum absolute atomic E-state index is 12.8. The number of carbonyl (C=O) groups is 1. The first kappa shape index (κ1) is 19.7. The zero-order valence-corrected chi connectivity index (χ0v) is 18.8. The molecule has 1 aromatic carbocycles. The molecule has 3 nitrogen and oxygen atoms in total. The van der Waals surface area contributed by atoms with E-state index in [1.807, 2.05) is 24.3 Å². The number of hydrogen-bond donors (Lipinski definition) is 1. The van der Waals surface area contributed by atoms with E-state index in [2.05, 4.69) is 40.3 Å². The van der Waals surface area contributed by atoms with Gasteiger partial charge < -0.3 is 0 Å². The standard InChI is InChI=1S/C19H19ClN2OS4/c1-24-18-15-14(3-2-8-19(15)25-9-10-26-19)16(27-18)17(23)22-21-11-12-4-6-13(20)7-5-12/h4-7,11H,2-3,8-10H2,1H3,(H,22,23)/b21-11-. The minimum Gasteiger partial charge on any atom is -0.266 e. The van der Waals surface area contributed by atoms with Crippen LogP contribution in [0.2, 0.25) is 5.02 Å². The van der Waals surface area contributed by atoms with Crippen LogP contribution in [0.3, 0.4) is 0 Å². The average molecular weight is 455 g/mol. The number of rotatable bonds is 4. The minimum atomic E-state index is -0.105. The van der Waals surface area contributed by atoms with Crippen molar-refractivity contribution in [3.63, 3.8) is 0 Å². The summed E-state index contributed by atoms with van der Waals surface area (Å²) in [5, 5.41) is 4.83. The number of nitrogens with zero attached hydrogens (tertiary/aromatic N) is 1. The van der Waals surface area contributed by atoms with Crippen LogP contribution in [0.15, 0.2) is 33.6 Å². The molecule has 0 atom stereocenters. The molecule has 0 radical (unpaired) electrons. The Labute approximate surface area is 181 Å². The molecule has 1 spiro atoms. The van der Waals surface area contributed by atoms with Crippen LogP contribution in [-0.2, 0) is 10.5 Å². The van der Waals surface area contributed by atoms with Gasteiger partial charge in [-0.1, -0.05) is 23.7 Å². The highest BCUT2D eigenvalue weighted by Crippen LogP contribution is 2.61. The molecule has 0 saturated carbocycles. The van der Waals surface area contributed by atoms with Gasteiger partial charge in [0.05, 0.1) is 19.4 Å². The van der Waals surface area contributed by atoms with Crippen molar-refractivity contribution >= 4 is 70.3 Å². The Morgan fingerprint density at radius 3 is 2.74 bits per heavy atom. The highest BCUT2D eigenvalue weighted by Gasteiger charge is 2.45. The summed E-state index contributed by atoms with van der Waals surface area (Å²) in [5.41, 5.74) is 6.28. The van der Waals surface area contributed by atoms with Gasteiger partial charge in [-0.2, -0.15) is 5.10 Å². The molecule has 142 valence electrons. The van der Waals surface area contributed by atoms with Crippen LogP contribution in [0.5, 0.6) is 0 Å². The summed E-state index contributed by atoms with van der Waals surface area (Å²) >= 11 is 13.4. The van der Waals surface area contributed by atoms with Gasteiger partial charge in [0.15, 0.2) is 0 Å². The lowest BCUT2D eigenvalue weighted by Crippen LogP contribution is -2.24. The molecule has 0 unspecified atom stereocenters. The molecule has 1 aromatic heterocycles. The summed E-state index contributed by atoms with van der Waals surface area (Å²) in [6.07, 6.45) is 7.09. The Morgan fingerprint density at radius 1 is 1.30 bits per heavy atom. The summed E-state index contributed by atoms with van der Waals surface area (Å²) < 4.78 is 1.45. The van der Waals surface area contributed by atoms with Gasteiger partial charge in [-0.05, 0) is 48.8 Å². The summed E-state index contributed by atoms with van der Waals surface area (Å²) in [6.45, 7) is 0. The maximum atomic E-state index is 12.8. The molecule has 1 aliphatic heterocycles. The first-order valence-electron chi connectivity index (χ1n) is 8.70. The van der Waals surface area contributed by atoms with Crippen molar-refractivity contribution < 1.29 is 4.79 Å². The van der Waals surface area contributed by atoms with Crippen molar-refractivity contribution in [3.8, 4) is 0 Å². The lowest BCUT2D eigenvalue weighted by Gasteiger charge is -2.33. The van der Waals surface area contributed by atoms with Crippen LogP contribution in [0.25, 0.3) is 0 Å². The Morgan fingerprint density at radius 2 is 2.04 bits per heavy atom. The van der Waals surface area contributed by atoms with Crippen molar-refractivity contribution in [2.24, 2.45) is 5.10 Å². The van der Waals surface area contributed by atoms with Gasteiger partial charge in [-0.15, -0.1) is 46.6 Å². The van der Waals surface area contributed by atoms with Crippen molar-refractivity contribution in [1.82, 2.24) is 5.43 Å². The van der Waals surface area contributed by atoms with Gasteiger partial charge in [-0.3, -0.25) is 4.79 Å². The predicted octanol–water partition coefficient (Wildman–Crippen LogP) is 5.86. The average Bonchev–Trinajstić information content (AvgIpc) is 3.29. The van der Waals surface area contributed by atoms with E-state index in [4.69, 9.17) is 11.6 Å². The molecule has 4 rings (SSSR count). The maximum Gasteiger partial charge on any atom is 0.281 e. The smallest absolute Gasteiger partial charge is 0.266 e. The molecule has 1 N–H and O–H groups in total. The number of carbonyl (C=O) groups excluding carboxylic acids is 1. The Hall–Kier alpha value is -0.600. The second kappa shape index (κ2) is 8.41. The summed E-state index contributed by atoms with van der Waals surface area (Å²) in [5.74, 6) is 2.29. The van der Waals surface area contributed by atoms with Gasteiger partial charge in [-0.25, -0.2) is 5.43 Å². The molecule has 1 amide bonds. The fourth-order valence-corrected chi connectivity index (χ4v) is 9.52. The lowest BCUT2D eigenvalue weighted by atomic mass is 9.92. The number of benzene rings is 1. The molecule has 8 heteroatoms. The second-order valence-corrected chi connectivity index (χ2v) is 11.9. The molecule has 27 heavy (non-hydrogen) atoms. The van der Waals surface area contributed by atoms with E-state index in [1.54, 1.807) is 29.3 Å². The normalized spacial score (nSPS) is 18.1. The van der Waals surface area contributed by atoms with Crippen LogP contribution in [0, 0.1) is 0 Å². The van der Waals surface area contributed by atoms with E-state index < -0.39 is 0 Å². The Kier molecular flexibility index (Phi) is 6.14. The number of nitrogens with one attached hydrogen (secondary N) is 1. The number of hydrazone groups is 1. The first-order valence-corrected chi connectivity index (χ1v) is 13.1. The fraction of sp³-hybridized carbons (Fsp3) is 0.368. The number of halogens is 1. The molecule has 2 aromatic rings. The van der Waals surface area contributed by atoms with Gasteiger partial charge in [0.1, 0.15) is 0 Å². The SMILES string of the molecule is CSc1sc(C(=O)N/N=C\c2ccc(Cl)cc2)c2c1C1(CCC2)SCCS1. The summed E-state index contributed by atoms with van der Waals surface area (Å²) in [6, 6.07) is 7.35. The van der Waals surface area contributed by atoms with Gasteiger partial charge in [0, 0.05) is 22.1 Å². The molecular formula is C19H19ClN2OS4. The molecule has 1 fully saturated rings. The van der Waals surface area contributed by atoms with E-state index >= 15 is 0 Å². The van der Waals surface area contributed by atoms with Crippen LogP contribution >= 0.6 is 58.2 Å². The minimum absolute atomic E-state index is 0.105. The molecule has 1 aliphatic carbocycles. The predicted molar refractivity (Wildman–Crippen MR) is 122 cm³/mol. The first-order chi connectivity index (χ1) is 13.1. The van der Waals surface area contributed by atoms with Gasteiger partial charge in [0.25, 0.3) is 5.91 Å². The molecular weight excluding hydrogens is 436 g/mol. The number of thiophene rings is 1. The quantitative estimate of drug-likeness (QED) is 0.357. The third-order valence-electron chi connectivity index (χ3n) is 4.68. The number of fused-ring (bicyclic) bond motifs is 2. The zero-order chi connectivity index (χ0) is 18.9. The van der Waals surface area contributed by atoms with E-state index in [-0.39, 0.29) is 9.99 Å². The number of amides is 1. The van der Waals surface area contributed by atoms with Crippen LogP contribution in [0.4, 0.5) is 0 Å². The monoisotopic (exact) mass is 454 g/mol. The summed E-state index contributed by atoms with van der Waals surface area (Å²) in [7, 11) is 0. The Bertz CT molecular complexity index is 873. The van der Waals surface area contributed by atoms with Crippen LogP contribution in [-0.4, -0.2) is 29.9 Å². The highest BCUT2D eigenvalue weighted by molar-refractivity contribution is 8.20. The second-order valence-electron chi connectivity index (χ2n) is 6.33. The zero-order valence-electron chi connectivity index (χ0n) is 14.8. The van der Waals surface area contributed by atoms with E-state index in [9.17, 15) is 4.79 Å². The molecule has 0 bridgehead atoms. The molecule has 1 saturated heterocycles. The lowest BCUT2D eigenvalue weighted by molar-refractivity contribution is 0.0958.